The van der Waals surface area contributed by atoms with Crippen LogP contribution in [0.4, 0.5) is 0 Å². The van der Waals surface area contributed by atoms with Crippen molar-refractivity contribution >= 4 is 5.91 Å². The van der Waals surface area contributed by atoms with Gasteiger partial charge < -0.3 is 10.4 Å². The van der Waals surface area contributed by atoms with Crippen LogP contribution in [-0.2, 0) is 4.79 Å². The average molecular weight is 272 g/mol. The fourth-order valence-electron chi connectivity index (χ4n) is 2.40. The summed E-state index contributed by atoms with van der Waals surface area (Å²) in [7, 11) is 1.62. The molecule has 1 amide bonds. The molecule has 0 fully saturated rings. The molecule has 0 aliphatic rings. The summed E-state index contributed by atoms with van der Waals surface area (Å²) in [6, 6.07) is 0. The van der Waals surface area contributed by atoms with E-state index in [1.165, 1.54) is 0 Å². The Labute approximate surface area is 118 Å². The highest BCUT2D eigenvalue weighted by molar-refractivity contribution is 5.79. The van der Waals surface area contributed by atoms with E-state index >= 15 is 0 Å². The first kappa shape index (κ1) is 18.4. The predicted molar refractivity (Wildman–Crippen MR) is 79.7 cm³/mol. The third kappa shape index (κ3) is 6.39. The lowest BCUT2D eigenvalue weighted by atomic mass is 9.91. The first-order valence-corrected chi connectivity index (χ1v) is 7.34. The highest BCUT2D eigenvalue weighted by Crippen LogP contribution is 2.21. The molecule has 0 saturated carbocycles. The molecule has 0 spiro atoms. The minimum Gasteiger partial charge on any atom is -0.378 e. The van der Waals surface area contributed by atoms with Crippen LogP contribution in [0.2, 0.25) is 0 Å². The molecule has 0 aromatic heterocycles. The Morgan fingerprint density at radius 2 is 1.47 bits per heavy atom. The molecule has 2 atom stereocenters. The summed E-state index contributed by atoms with van der Waals surface area (Å²) in [5, 5.41) is 13.3. The fraction of sp³-hybridized carbons (Fsp3) is 0.933. The third-order valence-electron chi connectivity index (χ3n) is 3.16. The Kier molecular flexibility index (Phi) is 8.26. The molecule has 0 saturated heterocycles. The molecule has 4 nitrogen and oxygen atoms in total. The van der Waals surface area contributed by atoms with Gasteiger partial charge in [0.15, 0.2) is 0 Å². The summed E-state index contributed by atoms with van der Waals surface area (Å²) in [6.45, 7) is 14.1. The van der Waals surface area contributed by atoms with E-state index in [1.807, 2.05) is 18.7 Å². The van der Waals surface area contributed by atoms with Crippen LogP contribution in [0.3, 0.4) is 0 Å². The van der Waals surface area contributed by atoms with E-state index in [0.29, 0.717) is 11.8 Å². The van der Waals surface area contributed by atoms with E-state index in [0.717, 1.165) is 13.1 Å². The van der Waals surface area contributed by atoms with Gasteiger partial charge in [0.05, 0.1) is 5.92 Å². The summed E-state index contributed by atoms with van der Waals surface area (Å²) < 4.78 is 0. The predicted octanol–water partition coefficient (Wildman–Crippen LogP) is 1.94. The second kappa shape index (κ2) is 8.54. The number of nitrogens with zero attached hydrogens (tertiary/aromatic N) is 1. The van der Waals surface area contributed by atoms with Gasteiger partial charge in [-0.25, -0.2) is 0 Å². The van der Waals surface area contributed by atoms with Crippen LogP contribution < -0.4 is 5.32 Å². The maximum atomic E-state index is 12.0. The number of aliphatic hydroxyl groups is 1. The van der Waals surface area contributed by atoms with Crippen molar-refractivity contribution in [2.75, 3.05) is 20.1 Å². The zero-order chi connectivity index (χ0) is 15.2. The molecule has 0 bridgehead atoms. The Balaban J connectivity index is 4.99. The number of amides is 1. The molecule has 0 aliphatic heterocycles. The fourth-order valence-corrected chi connectivity index (χ4v) is 2.40. The van der Waals surface area contributed by atoms with Crippen molar-refractivity contribution in [3.05, 3.63) is 0 Å². The molecule has 4 heteroatoms. The monoisotopic (exact) mass is 272 g/mol. The van der Waals surface area contributed by atoms with E-state index in [9.17, 15) is 9.90 Å². The smallest absolute Gasteiger partial charge is 0.227 e. The summed E-state index contributed by atoms with van der Waals surface area (Å²) in [4.78, 5) is 14.0. The highest BCUT2D eigenvalue weighted by Gasteiger charge is 2.33. The first-order valence-electron chi connectivity index (χ1n) is 7.34. The number of rotatable bonds is 8. The van der Waals surface area contributed by atoms with Gasteiger partial charge >= 0.3 is 0 Å². The molecule has 2 N–H and O–H groups in total. The Morgan fingerprint density at radius 3 is 1.74 bits per heavy atom. The van der Waals surface area contributed by atoms with Gasteiger partial charge in [0.1, 0.15) is 6.23 Å². The first-order chi connectivity index (χ1) is 8.70. The van der Waals surface area contributed by atoms with Crippen LogP contribution in [0, 0.1) is 23.7 Å². The van der Waals surface area contributed by atoms with Crippen LogP contribution in [0.1, 0.15) is 41.5 Å². The van der Waals surface area contributed by atoms with Gasteiger partial charge in [-0.05, 0) is 17.8 Å². The Bertz CT molecular complexity index is 255. The lowest BCUT2D eigenvalue weighted by Crippen LogP contribution is -2.50. The van der Waals surface area contributed by atoms with Gasteiger partial charge in [-0.2, -0.15) is 0 Å². The van der Waals surface area contributed by atoms with Gasteiger partial charge in [0.2, 0.25) is 5.91 Å². The van der Waals surface area contributed by atoms with Crippen molar-refractivity contribution in [2.45, 2.75) is 47.8 Å². The highest BCUT2D eigenvalue weighted by atomic mass is 16.3. The lowest BCUT2D eigenvalue weighted by molar-refractivity contribution is -0.138. The minimum absolute atomic E-state index is 0.0833. The second-order valence-electron chi connectivity index (χ2n) is 6.54. The van der Waals surface area contributed by atoms with Crippen LogP contribution in [-0.4, -0.2) is 42.3 Å². The van der Waals surface area contributed by atoms with E-state index < -0.39 is 6.23 Å². The zero-order valence-electron chi connectivity index (χ0n) is 13.6. The number of carbonyl (C=O) groups excluding carboxylic acids is 1. The van der Waals surface area contributed by atoms with E-state index in [4.69, 9.17) is 0 Å². The largest absolute Gasteiger partial charge is 0.378 e. The van der Waals surface area contributed by atoms with Gasteiger partial charge in [0.25, 0.3) is 0 Å². The second-order valence-corrected chi connectivity index (χ2v) is 6.54. The zero-order valence-corrected chi connectivity index (χ0v) is 13.6. The molecule has 2 unspecified atom stereocenters. The number of aliphatic hydroxyl groups excluding tert-OH is 1. The van der Waals surface area contributed by atoms with E-state index in [-0.39, 0.29) is 17.7 Å². The summed E-state index contributed by atoms with van der Waals surface area (Å²) in [5.41, 5.74) is 0. The number of nitrogens with one attached hydrogen (secondary N) is 1. The standard InChI is InChI=1S/C15H32N2O2/c1-10(2)8-17(9-11(3)4)15(19)13(12(5)6)14(18)16-7/h10-13,15,19H,8-9H2,1-7H3,(H,16,18). The lowest BCUT2D eigenvalue weighted by Gasteiger charge is -2.36. The van der Waals surface area contributed by atoms with Gasteiger partial charge in [-0.15, -0.1) is 0 Å². The van der Waals surface area contributed by atoms with Gasteiger partial charge in [-0.1, -0.05) is 41.5 Å². The van der Waals surface area contributed by atoms with Gasteiger partial charge in [-0.3, -0.25) is 9.69 Å². The molecule has 0 aliphatic carbocycles. The molecule has 0 aromatic carbocycles. The number of hydrogen-bond donors (Lipinski definition) is 2. The van der Waals surface area contributed by atoms with Crippen molar-refractivity contribution < 1.29 is 9.90 Å². The van der Waals surface area contributed by atoms with Crippen molar-refractivity contribution in [1.29, 1.82) is 0 Å². The van der Waals surface area contributed by atoms with E-state index in [2.05, 4.69) is 33.0 Å². The topological polar surface area (TPSA) is 52.6 Å². The van der Waals surface area contributed by atoms with Crippen molar-refractivity contribution in [1.82, 2.24) is 10.2 Å². The molecule has 0 radical (unpaired) electrons. The van der Waals surface area contributed by atoms with Crippen LogP contribution in [0.5, 0.6) is 0 Å². The summed E-state index contributed by atoms with van der Waals surface area (Å²) in [6.07, 6.45) is -0.718. The normalized spacial score (nSPS) is 15.4. The van der Waals surface area contributed by atoms with Crippen molar-refractivity contribution in [3.63, 3.8) is 0 Å². The van der Waals surface area contributed by atoms with Crippen molar-refractivity contribution in [2.24, 2.45) is 23.7 Å². The summed E-state index contributed by atoms with van der Waals surface area (Å²) in [5.74, 6) is 0.566. The SMILES string of the molecule is CNC(=O)C(C(C)C)C(O)N(CC(C)C)CC(C)C. The third-order valence-corrected chi connectivity index (χ3v) is 3.16. The quantitative estimate of drug-likeness (QED) is 0.664. The minimum atomic E-state index is -0.718. The average Bonchev–Trinajstić information content (AvgIpc) is 2.26. The molecular formula is C15H32N2O2. The van der Waals surface area contributed by atoms with Crippen LogP contribution in [0.15, 0.2) is 0 Å². The van der Waals surface area contributed by atoms with E-state index in [1.54, 1.807) is 7.05 Å². The maximum absolute atomic E-state index is 12.0. The maximum Gasteiger partial charge on any atom is 0.227 e. The Hall–Kier alpha value is -0.610. The Morgan fingerprint density at radius 1 is 1.05 bits per heavy atom. The molecule has 0 aromatic rings. The number of carbonyl (C=O) groups is 1. The summed E-state index contributed by atoms with van der Waals surface area (Å²) >= 11 is 0. The van der Waals surface area contributed by atoms with Crippen LogP contribution >= 0.6 is 0 Å². The molecule has 0 heterocycles. The molecule has 114 valence electrons. The van der Waals surface area contributed by atoms with Crippen molar-refractivity contribution in [3.8, 4) is 0 Å². The number of hydrogen-bond acceptors (Lipinski definition) is 3. The molecular weight excluding hydrogens is 240 g/mol. The molecule has 0 rings (SSSR count). The van der Waals surface area contributed by atoms with Gasteiger partial charge in [0, 0.05) is 20.1 Å². The molecule has 19 heavy (non-hydrogen) atoms. The van der Waals surface area contributed by atoms with Crippen LogP contribution in [0.25, 0.3) is 0 Å².